The lowest BCUT2D eigenvalue weighted by Gasteiger charge is -2.42. The smallest absolute Gasteiger partial charge is 0.409 e. The summed E-state index contributed by atoms with van der Waals surface area (Å²) in [5.74, 6) is -7.41. The van der Waals surface area contributed by atoms with Crippen LogP contribution >= 0.6 is 0 Å². The van der Waals surface area contributed by atoms with E-state index in [1.165, 1.54) is 0 Å². The summed E-state index contributed by atoms with van der Waals surface area (Å²) in [7, 11) is 1.84. The summed E-state index contributed by atoms with van der Waals surface area (Å²) in [6, 6.07) is 3.02. The van der Waals surface area contributed by atoms with Crippen molar-refractivity contribution in [2.45, 2.75) is 64.2 Å². The zero-order chi connectivity index (χ0) is 38.2. The minimum Gasteiger partial charge on any atom is -0.467 e. The molecule has 3 rings (SSSR count). The van der Waals surface area contributed by atoms with Gasteiger partial charge < -0.3 is 37.9 Å². The fraction of sp³-hybridized carbons (Fsp3) is 0.429. The first kappa shape index (κ1) is 39.1. The summed E-state index contributed by atoms with van der Waals surface area (Å²) >= 11 is 0. The number of carbonyl (C=O) groups excluding carboxylic acids is 6. The Morgan fingerprint density at radius 3 is 2.16 bits per heavy atom. The van der Waals surface area contributed by atoms with Gasteiger partial charge in [0.15, 0.2) is 24.1 Å². The molecule has 1 aromatic heterocycles. The van der Waals surface area contributed by atoms with Gasteiger partial charge in [0, 0.05) is 26.8 Å². The topological polar surface area (TPSA) is 286 Å². The van der Waals surface area contributed by atoms with E-state index in [0.717, 1.165) is 53.2 Å². The van der Waals surface area contributed by atoms with Gasteiger partial charge in [-0.25, -0.2) is 19.2 Å². The number of H-pyrrole nitrogens is 1. The largest absolute Gasteiger partial charge is 0.467 e. The van der Waals surface area contributed by atoms with Crippen LogP contribution in [0, 0.1) is 15.9 Å². The number of methoxy groups -OCH3 is 2. The second kappa shape index (κ2) is 16.8. The lowest BCUT2D eigenvalue weighted by molar-refractivity contribution is -0.387. The van der Waals surface area contributed by atoms with E-state index in [4.69, 9.17) is 33.2 Å². The van der Waals surface area contributed by atoms with E-state index in [9.17, 15) is 52.9 Å². The molecule has 0 aliphatic carbocycles. The molecule has 22 nitrogen and oxygen atoms in total. The van der Waals surface area contributed by atoms with Crippen LogP contribution in [0.2, 0.25) is 0 Å². The van der Waals surface area contributed by atoms with Crippen LogP contribution in [0.4, 0.5) is 14.9 Å². The van der Waals surface area contributed by atoms with Crippen LogP contribution in [-0.2, 0) is 63.7 Å². The van der Waals surface area contributed by atoms with Crippen molar-refractivity contribution in [2.24, 2.45) is 0 Å². The molecular weight excluding hydrogens is 699 g/mol. The Labute approximate surface area is 283 Å². The second-order valence-electron chi connectivity index (χ2n) is 10.1. The number of nitrogens with zero attached hydrogens (tertiary/aromatic N) is 2. The maximum absolute atomic E-state index is 13.8. The van der Waals surface area contributed by atoms with Gasteiger partial charge in [0.1, 0.15) is 6.61 Å². The number of nitrogens with one attached hydrogen (secondary N) is 2. The molecule has 0 bridgehead atoms. The van der Waals surface area contributed by atoms with Crippen molar-refractivity contribution in [1.29, 1.82) is 0 Å². The number of hydrogen-bond donors (Lipinski definition) is 2. The quantitative estimate of drug-likeness (QED) is 0.118. The van der Waals surface area contributed by atoms with E-state index in [-0.39, 0.29) is 5.56 Å². The van der Waals surface area contributed by atoms with E-state index < -0.39 is 113 Å². The molecule has 0 unspecified atom stereocenters. The van der Waals surface area contributed by atoms with E-state index in [1.54, 1.807) is 4.98 Å². The Morgan fingerprint density at radius 1 is 0.980 bits per heavy atom. The molecule has 2 N–H and O–H groups in total. The number of aromatic nitrogens is 2. The Bertz CT molecular complexity index is 1820. The van der Waals surface area contributed by atoms with Crippen molar-refractivity contribution in [3.63, 3.8) is 0 Å². The van der Waals surface area contributed by atoms with Crippen molar-refractivity contribution >= 4 is 41.6 Å². The molecule has 1 amide bonds. The first-order chi connectivity index (χ1) is 24.0. The van der Waals surface area contributed by atoms with Crippen LogP contribution in [0.15, 0.2) is 34.0 Å². The van der Waals surface area contributed by atoms with Crippen molar-refractivity contribution in [3.05, 3.63) is 66.7 Å². The number of amides is 1. The Morgan fingerprint density at radius 2 is 1.59 bits per heavy atom. The Hall–Kier alpha value is -6.39. The predicted octanol–water partition coefficient (Wildman–Crippen LogP) is -0.746. The molecule has 2 heterocycles. The summed E-state index contributed by atoms with van der Waals surface area (Å²) in [5.41, 5.74) is -3.55. The zero-order valence-electron chi connectivity index (χ0n) is 27.1. The number of hydrogen-bond acceptors (Lipinski definition) is 18. The number of halogens is 1. The molecule has 0 spiro atoms. The SMILES string of the molecule is COC(=O)[C@H]1O[C@@H](Oc2ccc(COC(=O)N[C@@H](C(=O)OC)n3cc(F)c(=O)[nH]c3=O)cc2[N+](=O)[O-])[C@H](OC(C)=O)[C@@H](OC(C)=O)[C@@H]1OC(C)=O. The van der Waals surface area contributed by atoms with Crippen molar-refractivity contribution < 1.29 is 76.0 Å². The highest BCUT2D eigenvalue weighted by Gasteiger charge is 2.56. The highest BCUT2D eigenvalue weighted by molar-refractivity contribution is 5.79. The van der Waals surface area contributed by atoms with Gasteiger partial charge in [0.2, 0.25) is 24.4 Å². The maximum Gasteiger partial charge on any atom is 0.409 e. The second-order valence-corrected chi connectivity index (χ2v) is 10.1. The van der Waals surface area contributed by atoms with Gasteiger partial charge in [-0.1, -0.05) is 6.07 Å². The number of alkyl carbamates (subject to hydrolysis) is 1. The fourth-order valence-corrected chi connectivity index (χ4v) is 4.50. The van der Waals surface area contributed by atoms with Gasteiger partial charge >= 0.3 is 47.3 Å². The highest BCUT2D eigenvalue weighted by Crippen LogP contribution is 2.35. The minimum atomic E-state index is -2.02. The summed E-state index contributed by atoms with van der Waals surface area (Å²) in [6.45, 7) is 2.16. The first-order valence-corrected chi connectivity index (χ1v) is 14.2. The molecule has 1 saturated heterocycles. The number of ether oxygens (including phenoxy) is 8. The third kappa shape index (κ3) is 9.84. The molecular formula is C28H29FN4O18. The van der Waals surface area contributed by atoms with Crippen LogP contribution in [0.1, 0.15) is 32.5 Å². The van der Waals surface area contributed by atoms with Gasteiger partial charge in [-0.2, -0.15) is 4.39 Å². The zero-order valence-corrected chi connectivity index (χ0v) is 27.1. The molecule has 1 fully saturated rings. The molecule has 1 aliphatic heterocycles. The molecule has 0 radical (unpaired) electrons. The van der Waals surface area contributed by atoms with Gasteiger partial charge in [-0.05, 0) is 11.6 Å². The number of carbonyl (C=O) groups is 6. The summed E-state index contributed by atoms with van der Waals surface area (Å²) in [6.07, 6.45) is -12.1. The standard InChI is InChI=1S/C28H29FN4O18/c1-11(34)47-18-19(48-12(2)35)21(49-13(3)36)26(51-20(18)24(38)44-4)50-17-7-6-14(8-16(17)33(42)43)10-46-28(41)30-22(25(39)45-5)32-9-15(29)23(37)31-27(32)40/h6-9,18-22,26H,10H2,1-5H3,(H,30,41)(H,31,37,40)/t18-,19-,20-,21+,22+,26+/m0/s1. The van der Waals surface area contributed by atoms with Crippen LogP contribution < -0.4 is 21.3 Å². The van der Waals surface area contributed by atoms with Gasteiger partial charge in [-0.3, -0.25) is 44.2 Å². The summed E-state index contributed by atoms with van der Waals surface area (Å²) in [5, 5.41) is 14.0. The normalized spacial score (nSPS) is 20.1. The van der Waals surface area contributed by atoms with E-state index in [0.29, 0.717) is 10.8 Å². The average Bonchev–Trinajstić information content (AvgIpc) is 3.05. The average molecular weight is 729 g/mol. The van der Waals surface area contributed by atoms with Crippen LogP contribution in [0.25, 0.3) is 0 Å². The van der Waals surface area contributed by atoms with Gasteiger partial charge in [-0.15, -0.1) is 0 Å². The number of rotatable bonds is 12. The van der Waals surface area contributed by atoms with Crippen molar-refractivity contribution in [2.75, 3.05) is 14.2 Å². The van der Waals surface area contributed by atoms with Gasteiger partial charge in [0.05, 0.1) is 25.3 Å². The summed E-state index contributed by atoms with van der Waals surface area (Å²) in [4.78, 5) is 109. The Balaban J connectivity index is 1.90. The van der Waals surface area contributed by atoms with Crippen LogP contribution in [0.5, 0.6) is 5.75 Å². The van der Waals surface area contributed by atoms with E-state index in [2.05, 4.69) is 4.74 Å². The van der Waals surface area contributed by atoms with Crippen molar-refractivity contribution in [1.82, 2.24) is 14.9 Å². The lowest BCUT2D eigenvalue weighted by atomic mass is 9.97. The van der Waals surface area contributed by atoms with Crippen LogP contribution in [0.3, 0.4) is 0 Å². The molecule has 2 aromatic rings. The third-order valence-electron chi connectivity index (χ3n) is 6.55. The third-order valence-corrected chi connectivity index (χ3v) is 6.55. The molecule has 23 heteroatoms. The molecule has 1 aromatic carbocycles. The number of benzene rings is 1. The molecule has 51 heavy (non-hydrogen) atoms. The first-order valence-electron chi connectivity index (χ1n) is 14.2. The van der Waals surface area contributed by atoms with E-state index >= 15 is 0 Å². The highest BCUT2D eigenvalue weighted by atomic mass is 19.1. The fourth-order valence-electron chi connectivity index (χ4n) is 4.50. The lowest BCUT2D eigenvalue weighted by Crippen LogP contribution is -2.64. The number of aromatic amines is 1. The Kier molecular flexibility index (Phi) is 12.9. The maximum atomic E-state index is 13.8. The monoisotopic (exact) mass is 728 g/mol. The van der Waals surface area contributed by atoms with Crippen LogP contribution in [-0.4, -0.2) is 95.3 Å². The van der Waals surface area contributed by atoms with E-state index in [1.807, 2.05) is 5.32 Å². The number of nitro groups is 1. The van der Waals surface area contributed by atoms with Crippen molar-refractivity contribution in [3.8, 4) is 5.75 Å². The molecule has 276 valence electrons. The molecule has 6 atom stereocenters. The predicted molar refractivity (Wildman–Crippen MR) is 157 cm³/mol. The summed E-state index contributed by atoms with van der Waals surface area (Å²) < 4.78 is 55.1. The molecule has 0 saturated carbocycles. The molecule has 1 aliphatic rings. The van der Waals surface area contributed by atoms with Gasteiger partial charge in [0.25, 0.3) is 5.56 Å². The minimum absolute atomic E-state index is 0.0627. The number of esters is 5. The number of nitro benzene ring substituents is 1.